The van der Waals surface area contributed by atoms with Gasteiger partial charge in [0.25, 0.3) is 0 Å². The SMILES string of the molecule is CC1CO[P](=O)O1. The predicted molar refractivity (Wildman–Crippen MR) is 24.1 cm³/mol. The van der Waals surface area contributed by atoms with Crippen LogP contribution in [0, 0.1) is 0 Å². The highest BCUT2D eigenvalue weighted by atomic mass is 31.1. The van der Waals surface area contributed by atoms with Gasteiger partial charge in [0, 0.05) is 0 Å². The second-order valence-electron chi connectivity index (χ2n) is 1.44. The second kappa shape index (κ2) is 1.86. The van der Waals surface area contributed by atoms with Crippen LogP contribution in [0.15, 0.2) is 0 Å². The summed E-state index contributed by atoms with van der Waals surface area (Å²) in [5.41, 5.74) is 0. The van der Waals surface area contributed by atoms with Crippen LogP contribution in [0.5, 0.6) is 0 Å². The first-order valence-electron chi connectivity index (χ1n) is 2.06. The molecule has 0 aliphatic carbocycles. The lowest BCUT2D eigenvalue weighted by Crippen LogP contribution is -1.99. The van der Waals surface area contributed by atoms with E-state index in [0.29, 0.717) is 6.61 Å². The van der Waals surface area contributed by atoms with E-state index in [1.165, 1.54) is 0 Å². The molecule has 1 heterocycles. The fourth-order valence-corrected chi connectivity index (χ4v) is 1.12. The molecule has 1 aliphatic rings. The molecule has 0 N–H and O–H groups in total. The molecule has 0 bridgehead atoms. The van der Waals surface area contributed by atoms with Gasteiger partial charge in [0.2, 0.25) is 0 Å². The lowest BCUT2D eigenvalue weighted by molar-refractivity contribution is 0.260. The topological polar surface area (TPSA) is 35.5 Å². The van der Waals surface area contributed by atoms with Gasteiger partial charge in [-0.1, -0.05) is 0 Å². The van der Waals surface area contributed by atoms with Crippen LogP contribution in [0.1, 0.15) is 6.92 Å². The third-order valence-corrected chi connectivity index (χ3v) is 1.57. The molecule has 0 spiro atoms. The van der Waals surface area contributed by atoms with Crippen LogP contribution in [-0.2, 0) is 13.6 Å². The minimum absolute atomic E-state index is 0.0172. The van der Waals surface area contributed by atoms with E-state index in [1.54, 1.807) is 0 Å². The number of rotatable bonds is 0. The summed E-state index contributed by atoms with van der Waals surface area (Å²) in [5, 5.41) is 0. The average molecular weight is 121 g/mol. The third kappa shape index (κ3) is 1.20. The van der Waals surface area contributed by atoms with Gasteiger partial charge in [0.15, 0.2) is 0 Å². The molecule has 0 saturated carbocycles. The molecule has 1 radical (unpaired) electrons. The van der Waals surface area contributed by atoms with Crippen molar-refractivity contribution in [3.05, 3.63) is 0 Å². The van der Waals surface area contributed by atoms with E-state index in [0.717, 1.165) is 0 Å². The predicted octanol–water partition coefficient (Wildman–Crippen LogP) is 1.08. The number of hydrogen-bond donors (Lipinski definition) is 0. The normalized spacial score (nSPS) is 36.7. The second-order valence-corrected chi connectivity index (χ2v) is 2.35. The molecule has 1 rings (SSSR count). The molecule has 2 atom stereocenters. The molecule has 0 aromatic rings. The van der Waals surface area contributed by atoms with Crippen molar-refractivity contribution in [1.82, 2.24) is 0 Å². The molecule has 1 saturated heterocycles. The molecule has 7 heavy (non-hydrogen) atoms. The molecule has 0 aromatic heterocycles. The first kappa shape index (κ1) is 5.16. The highest BCUT2D eigenvalue weighted by Gasteiger charge is 2.18. The van der Waals surface area contributed by atoms with E-state index in [4.69, 9.17) is 0 Å². The van der Waals surface area contributed by atoms with Crippen molar-refractivity contribution in [3.63, 3.8) is 0 Å². The van der Waals surface area contributed by atoms with E-state index in [-0.39, 0.29) is 6.10 Å². The van der Waals surface area contributed by atoms with Crippen LogP contribution >= 0.6 is 8.25 Å². The van der Waals surface area contributed by atoms with Crippen molar-refractivity contribution < 1.29 is 13.6 Å². The molecule has 1 aliphatic heterocycles. The van der Waals surface area contributed by atoms with Crippen LogP contribution < -0.4 is 0 Å². The van der Waals surface area contributed by atoms with Crippen LogP contribution in [0.4, 0.5) is 0 Å². The Balaban J connectivity index is 2.40. The maximum atomic E-state index is 10.2. The maximum absolute atomic E-state index is 10.2. The zero-order valence-corrected chi connectivity index (χ0v) is 4.85. The quantitative estimate of drug-likeness (QED) is 0.450. The van der Waals surface area contributed by atoms with Gasteiger partial charge in [-0.05, 0) is 6.92 Å². The minimum Gasteiger partial charge on any atom is -0.280 e. The average Bonchev–Trinajstić information content (AvgIpc) is 1.87. The summed E-state index contributed by atoms with van der Waals surface area (Å²) in [6, 6.07) is 0. The highest BCUT2D eigenvalue weighted by molar-refractivity contribution is 7.33. The Morgan fingerprint density at radius 3 is 2.71 bits per heavy atom. The van der Waals surface area contributed by atoms with Crippen molar-refractivity contribution in [1.29, 1.82) is 0 Å². The summed E-state index contributed by atoms with van der Waals surface area (Å²) >= 11 is 0. The van der Waals surface area contributed by atoms with Crippen LogP contribution in [-0.4, -0.2) is 12.7 Å². The fraction of sp³-hybridized carbons (Fsp3) is 1.00. The zero-order valence-electron chi connectivity index (χ0n) is 3.96. The van der Waals surface area contributed by atoms with Crippen molar-refractivity contribution in [2.75, 3.05) is 6.61 Å². The smallest absolute Gasteiger partial charge is 0.280 e. The largest absolute Gasteiger partial charge is 0.369 e. The molecule has 4 heteroatoms. The van der Waals surface area contributed by atoms with Gasteiger partial charge in [-0.3, -0.25) is 9.05 Å². The Hall–Kier alpha value is 0.0200. The van der Waals surface area contributed by atoms with E-state index >= 15 is 0 Å². The maximum Gasteiger partial charge on any atom is 0.369 e. The molecule has 41 valence electrons. The van der Waals surface area contributed by atoms with Gasteiger partial charge in [-0.25, -0.2) is 4.57 Å². The Kier molecular flexibility index (Phi) is 1.38. The number of hydrogen-bond acceptors (Lipinski definition) is 3. The molecular weight excluding hydrogens is 115 g/mol. The van der Waals surface area contributed by atoms with E-state index in [9.17, 15) is 4.57 Å². The lowest BCUT2D eigenvalue weighted by Gasteiger charge is -1.88. The van der Waals surface area contributed by atoms with E-state index in [1.807, 2.05) is 6.92 Å². The van der Waals surface area contributed by atoms with Crippen LogP contribution in [0.25, 0.3) is 0 Å². The Morgan fingerprint density at radius 1 is 1.86 bits per heavy atom. The van der Waals surface area contributed by atoms with Crippen molar-refractivity contribution in [3.8, 4) is 0 Å². The Labute approximate surface area is 42.6 Å². The summed E-state index contributed by atoms with van der Waals surface area (Å²) in [6.45, 7) is 2.29. The van der Waals surface area contributed by atoms with Gasteiger partial charge in [0.1, 0.15) is 0 Å². The van der Waals surface area contributed by atoms with Gasteiger partial charge in [-0.2, -0.15) is 0 Å². The molecule has 0 aromatic carbocycles. The highest BCUT2D eigenvalue weighted by Crippen LogP contribution is 2.32. The summed E-state index contributed by atoms with van der Waals surface area (Å²) in [5.74, 6) is 0. The molecule has 1 fully saturated rings. The van der Waals surface area contributed by atoms with Gasteiger partial charge in [0.05, 0.1) is 12.7 Å². The molecule has 0 amide bonds. The van der Waals surface area contributed by atoms with Gasteiger partial charge < -0.3 is 0 Å². The third-order valence-electron chi connectivity index (χ3n) is 0.681. The summed E-state index contributed by atoms with van der Waals surface area (Å²) in [4.78, 5) is 0. The monoisotopic (exact) mass is 121 g/mol. The van der Waals surface area contributed by atoms with Gasteiger partial charge >= 0.3 is 8.25 Å². The van der Waals surface area contributed by atoms with Crippen molar-refractivity contribution >= 4 is 8.25 Å². The summed E-state index contributed by atoms with van der Waals surface area (Å²) < 4.78 is 19.4. The van der Waals surface area contributed by atoms with Crippen molar-refractivity contribution in [2.45, 2.75) is 13.0 Å². The van der Waals surface area contributed by atoms with E-state index < -0.39 is 8.25 Å². The first-order valence-corrected chi connectivity index (χ1v) is 3.15. The molecule has 3 nitrogen and oxygen atoms in total. The van der Waals surface area contributed by atoms with Gasteiger partial charge in [-0.15, -0.1) is 0 Å². The fourth-order valence-electron chi connectivity index (χ4n) is 0.374. The van der Waals surface area contributed by atoms with Crippen LogP contribution in [0.3, 0.4) is 0 Å². The Morgan fingerprint density at radius 2 is 2.57 bits per heavy atom. The lowest BCUT2D eigenvalue weighted by atomic mass is 10.5. The van der Waals surface area contributed by atoms with Crippen molar-refractivity contribution in [2.24, 2.45) is 0 Å². The zero-order chi connectivity index (χ0) is 5.28. The summed E-state index contributed by atoms with van der Waals surface area (Å²) in [7, 11) is -1.75. The minimum atomic E-state index is -1.75. The molecule has 2 unspecified atom stereocenters. The standard InChI is InChI=1S/C3H6O3P/c1-3-2-5-7(4)6-3/h3H,2H2,1H3. The molecular formula is C3H6O3P. The summed E-state index contributed by atoms with van der Waals surface area (Å²) in [6.07, 6.45) is 0.0172. The first-order chi connectivity index (χ1) is 3.29. The Bertz CT molecular complexity index is 92.2. The van der Waals surface area contributed by atoms with E-state index in [2.05, 4.69) is 9.05 Å². The van der Waals surface area contributed by atoms with Crippen LogP contribution in [0.2, 0.25) is 0 Å².